The average Bonchev–Trinajstić information content (AvgIpc) is 2.54. The van der Waals surface area contributed by atoms with Crippen LogP contribution in [0.15, 0.2) is 40.9 Å². The maximum absolute atomic E-state index is 12.5. The highest BCUT2D eigenvalue weighted by Crippen LogP contribution is 2.30. The Hall–Kier alpha value is -1.72. The maximum Gasteiger partial charge on any atom is 0.231 e. The summed E-state index contributed by atoms with van der Waals surface area (Å²) < 4.78 is 11.3. The van der Waals surface area contributed by atoms with E-state index >= 15 is 0 Å². The standard InChI is InChI=1S/C17H17BrClNO3/c1-20(14-6-5-12(18)10-13(14)19)17(21)9-11-4-7-15(22-2)16(8-11)23-3/h4-8,10H,9H2,1-3H3. The number of rotatable bonds is 5. The molecule has 0 radical (unpaired) electrons. The summed E-state index contributed by atoms with van der Waals surface area (Å²) in [4.78, 5) is 14.0. The second kappa shape index (κ2) is 7.70. The topological polar surface area (TPSA) is 38.8 Å². The molecule has 2 rings (SSSR count). The molecule has 1 amide bonds. The van der Waals surface area contributed by atoms with E-state index in [1.54, 1.807) is 50.4 Å². The van der Waals surface area contributed by atoms with Crippen molar-refractivity contribution >= 4 is 39.1 Å². The minimum atomic E-state index is -0.0681. The summed E-state index contributed by atoms with van der Waals surface area (Å²) in [6.45, 7) is 0. The average molecular weight is 399 g/mol. The van der Waals surface area contributed by atoms with Crippen LogP contribution in [0.2, 0.25) is 5.02 Å². The third-order valence-corrected chi connectivity index (χ3v) is 4.24. The summed E-state index contributed by atoms with van der Waals surface area (Å²) >= 11 is 9.55. The number of carbonyl (C=O) groups excluding carboxylic acids is 1. The van der Waals surface area contributed by atoms with Crippen LogP contribution in [-0.2, 0) is 11.2 Å². The first-order chi connectivity index (χ1) is 11.0. The van der Waals surface area contributed by atoms with Crippen LogP contribution in [0.4, 0.5) is 5.69 Å². The van der Waals surface area contributed by atoms with Crippen LogP contribution in [0.5, 0.6) is 11.5 Å². The number of likely N-dealkylation sites (N-methyl/N-ethyl adjacent to an activating group) is 1. The smallest absolute Gasteiger partial charge is 0.231 e. The molecule has 0 aliphatic rings. The number of anilines is 1. The zero-order chi connectivity index (χ0) is 17.0. The monoisotopic (exact) mass is 397 g/mol. The molecule has 0 atom stereocenters. The van der Waals surface area contributed by atoms with Crippen molar-refractivity contribution in [3.8, 4) is 11.5 Å². The Morgan fingerprint density at radius 3 is 2.43 bits per heavy atom. The van der Waals surface area contributed by atoms with E-state index < -0.39 is 0 Å². The molecule has 2 aromatic carbocycles. The predicted molar refractivity (Wildman–Crippen MR) is 95.8 cm³/mol. The van der Waals surface area contributed by atoms with E-state index in [4.69, 9.17) is 21.1 Å². The first-order valence-electron chi connectivity index (χ1n) is 6.88. The van der Waals surface area contributed by atoms with E-state index in [1.807, 2.05) is 12.1 Å². The van der Waals surface area contributed by atoms with Gasteiger partial charge in [-0.25, -0.2) is 0 Å². The number of nitrogens with zero attached hydrogens (tertiary/aromatic N) is 1. The Bertz CT molecular complexity index is 721. The molecule has 4 nitrogen and oxygen atoms in total. The Kier molecular flexibility index (Phi) is 5.91. The van der Waals surface area contributed by atoms with E-state index in [0.29, 0.717) is 22.2 Å². The van der Waals surface area contributed by atoms with Gasteiger partial charge in [-0.15, -0.1) is 0 Å². The number of ether oxygens (including phenoxy) is 2. The van der Waals surface area contributed by atoms with Gasteiger partial charge in [0.15, 0.2) is 11.5 Å². The molecule has 6 heteroatoms. The first kappa shape index (κ1) is 17.6. The van der Waals surface area contributed by atoms with Crippen LogP contribution in [0.3, 0.4) is 0 Å². The number of carbonyl (C=O) groups is 1. The summed E-state index contributed by atoms with van der Waals surface area (Å²) in [6, 6.07) is 10.8. The molecule has 0 unspecified atom stereocenters. The molecule has 0 saturated carbocycles. The number of halogens is 2. The molecule has 0 heterocycles. The summed E-state index contributed by atoms with van der Waals surface area (Å²) in [7, 11) is 4.85. The molecule has 0 fully saturated rings. The second-order valence-electron chi connectivity index (χ2n) is 4.91. The van der Waals surface area contributed by atoms with Crippen molar-refractivity contribution in [2.24, 2.45) is 0 Å². The molecule has 2 aromatic rings. The number of hydrogen-bond donors (Lipinski definition) is 0. The minimum absolute atomic E-state index is 0.0681. The van der Waals surface area contributed by atoms with Crippen LogP contribution < -0.4 is 14.4 Å². The fourth-order valence-corrected chi connectivity index (χ4v) is 2.97. The van der Waals surface area contributed by atoms with Gasteiger partial charge in [0.2, 0.25) is 5.91 Å². The highest BCUT2D eigenvalue weighted by molar-refractivity contribution is 9.10. The highest BCUT2D eigenvalue weighted by Gasteiger charge is 2.16. The number of methoxy groups -OCH3 is 2. The van der Waals surface area contributed by atoms with Crippen molar-refractivity contribution in [3.05, 3.63) is 51.5 Å². The van der Waals surface area contributed by atoms with Crippen LogP contribution in [0, 0.1) is 0 Å². The Balaban J connectivity index is 2.18. The first-order valence-corrected chi connectivity index (χ1v) is 8.06. The molecule has 0 saturated heterocycles. The molecule has 0 bridgehead atoms. The van der Waals surface area contributed by atoms with Crippen molar-refractivity contribution in [2.75, 3.05) is 26.2 Å². The van der Waals surface area contributed by atoms with Gasteiger partial charge in [-0.1, -0.05) is 33.6 Å². The van der Waals surface area contributed by atoms with Crippen molar-refractivity contribution in [2.45, 2.75) is 6.42 Å². The van der Waals surface area contributed by atoms with Gasteiger partial charge in [0.05, 0.1) is 31.4 Å². The lowest BCUT2D eigenvalue weighted by molar-refractivity contribution is -0.117. The Morgan fingerprint density at radius 1 is 1.13 bits per heavy atom. The fraction of sp³-hybridized carbons (Fsp3) is 0.235. The lowest BCUT2D eigenvalue weighted by Crippen LogP contribution is -2.28. The summed E-state index contributed by atoms with van der Waals surface area (Å²) in [6.07, 6.45) is 0.239. The Labute approximate surface area is 149 Å². The van der Waals surface area contributed by atoms with E-state index in [-0.39, 0.29) is 12.3 Å². The third-order valence-electron chi connectivity index (χ3n) is 3.45. The number of benzene rings is 2. The SMILES string of the molecule is COc1ccc(CC(=O)N(C)c2ccc(Br)cc2Cl)cc1OC. The van der Waals surface area contributed by atoms with Gasteiger partial charge in [-0.05, 0) is 35.9 Å². The molecule has 0 spiro atoms. The number of hydrogen-bond acceptors (Lipinski definition) is 3. The minimum Gasteiger partial charge on any atom is -0.493 e. The van der Waals surface area contributed by atoms with E-state index in [0.717, 1.165) is 10.0 Å². The normalized spacial score (nSPS) is 10.3. The molecular formula is C17H17BrClNO3. The quantitative estimate of drug-likeness (QED) is 0.752. The maximum atomic E-state index is 12.5. The summed E-state index contributed by atoms with van der Waals surface area (Å²) in [5.74, 6) is 1.16. The molecule has 0 aliphatic carbocycles. The molecule has 122 valence electrons. The van der Waals surface area contributed by atoms with Gasteiger partial charge in [0.25, 0.3) is 0 Å². The summed E-state index contributed by atoms with van der Waals surface area (Å²) in [5.41, 5.74) is 1.51. The van der Waals surface area contributed by atoms with Gasteiger partial charge >= 0.3 is 0 Å². The van der Waals surface area contributed by atoms with Crippen molar-refractivity contribution in [1.82, 2.24) is 0 Å². The van der Waals surface area contributed by atoms with Gasteiger partial charge in [-0.3, -0.25) is 4.79 Å². The Morgan fingerprint density at radius 2 is 1.83 bits per heavy atom. The van der Waals surface area contributed by atoms with Crippen LogP contribution >= 0.6 is 27.5 Å². The van der Waals surface area contributed by atoms with Gasteiger partial charge in [-0.2, -0.15) is 0 Å². The molecule has 0 aromatic heterocycles. The van der Waals surface area contributed by atoms with Gasteiger partial charge in [0.1, 0.15) is 0 Å². The van der Waals surface area contributed by atoms with Gasteiger partial charge in [0, 0.05) is 11.5 Å². The molecular weight excluding hydrogens is 382 g/mol. The third kappa shape index (κ3) is 4.18. The lowest BCUT2D eigenvalue weighted by Gasteiger charge is -2.19. The van der Waals surface area contributed by atoms with Crippen LogP contribution in [0.1, 0.15) is 5.56 Å². The van der Waals surface area contributed by atoms with Gasteiger partial charge < -0.3 is 14.4 Å². The molecule has 23 heavy (non-hydrogen) atoms. The van der Waals surface area contributed by atoms with E-state index in [9.17, 15) is 4.79 Å². The van der Waals surface area contributed by atoms with Crippen LogP contribution in [0.25, 0.3) is 0 Å². The fourth-order valence-electron chi connectivity index (χ4n) is 2.17. The van der Waals surface area contributed by atoms with Crippen molar-refractivity contribution < 1.29 is 14.3 Å². The summed E-state index contributed by atoms with van der Waals surface area (Å²) in [5, 5.41) is 0.516. The van der Waals surface area contributed by atoms with E-state index in [1.165, 1.54) is 0 Å². The zero-order valence-corrected chi connectivity index (χ0v) is 15.4. The highest BCUT2D eigenvalue weighted by atomic mass is 79.9. The second-order valence-corrected chi connectivity index (χ2v) is 6.24. The zero-order valence-electron chi connectivity index (χ0n) is 13.1. The van der Waals surface area contributed by atoms with Crippen molar-refractivity contribution in [1.29, 1.82) is 0 Å². The molecule has 0 aliphatic heterocycles. The van der Waals surface area contributed by atoms with Crippen molar-refractivity contribution in [3.63, 3.8) is 0 Å². The largest absolute Gasteiger partial charge is 0.493 e. The lowest BCUT2D eigenvalue weighted by atomic mass is 10.1. The molecule has 0 N–H and O–H groups in total. The number of amides is 1. The van der Waals surface area contributed by atoms with Crippen LogP contribution in [-0.4, -0.2) is 27.2 Å². The van der Waals surface area contributed by atoms with E-state index in [2.05, 4.69) is 15.9 Å². The predicted octanol–water partition coefficient (Wildman–Crippen LogP) is 4.33.